The van der Waals surface area contributed by atoms with Crippen molar-refractivity contribution in [3.05, 3.63) is 23.3 Å². The van der Waals surface area contributed by atoms with E-state index in [9.17, 15) is 62.9 Å². The maximum absolute atomic E-state index is 13.1. The van der Waals surface area contributed by atoms with Gasteiger partial charge in [0.05, 0.1) is 14.2 Å². The largest absolute Gasteiger partial charge is 0.496 e. The predicted molar refractivity (Wildman–Crippen MR) is 71.6 cm³/mol. The number of halogens is 12. The second kappa shape index (κ2) is 7.25. The molecule has 0 heterocycles. The van der Waals surface area contributed by atoms with Crippen LogP contribution in [0.1, 0.15) is 11.1 Å². The summed E-state index contributed by atoms with van der Waals surface area (Å²) in [5.74, 6) is -3.79. The molecule has 0 aliphatic carbocycles. The molecule has 1 aromatic rings. The highest BCUT2D eigenvalue weighted by atomic mass is 19.4. The number of ether oxygens (including phenoxy) is 2. The molecular formula is C14H10F12O4. The van der Waals surface area contributed by atoms with E-state index in [1.54, 1.807) is 0 Å². The van der Waals surface area contributed by atoms with Crippen molar-refractivity contribution in [3.8, 4) is 11.5 Å². The van der Waals surface area contributed by atoms with Crippen molar-refractivity contribution in [1.82, 2.24) is 0 Å². The first-order valence-electron chi connectivity index (χ1n) is 7.09. The highest BCUT2D eigenvalue weighted by Crippen LogP contribution is 2.57. The molecule has 0 aliphatic rings. The third-order valence-corrected chi connectivity index (χ3v) is 3.94. The summed E-state index contributed by atoms with van der Waals surface area (Å²) < 4.78 is 165. The van der Waals surface area contributed by atoms with E-state index in [0.717, 1.165) is 0 Å². The Morgan fingerprint density at radius 2 is 0.733 bits per heavy atom. The van der Waals surface area contributed by atoms with Gasteiger partial charge in [-0.3, -0.25) is 0 Å². The summed E-state index contributed by atoms with van der Waals surface area (Å²) in [5, 5.41) is 18.8. The molecule has 0 unspecified atom stereocenters. The fourth-order valence-corrected chi connectivity index (χ4v) is 2.40. The number of hydrogen-bond acceptors (Lipinski definition) is 4. The fourth-order valence-electron chi connectivity index (χ4n) is 2.40. The number of benzene rings is 1. The highest BCUT2D eigenvalue weighted by molar-refractivity contribution is 5.53. The van der Waals surface area contributed by atoms with Gasteiger partial charge in [-0.05, 0) is 12.1 Å². The van der Waals surface area contributed by atoms with Crippen molar-refractivity contribution in [3.63, 3.8) is 0 Å². The average molecular weight is 470 g/mol. The molecule has 0 radical (unpaired) electrons. The standard InChI is InChI=1S/C14H10F12O4/c1-29-7-3-6(10(28,13(21,22)23)14(24,25)26)8(30-2)4-5(7)9(27,11(15,16)17)12(18,19)20/h3-4,27-28H,1-2H3. The van der Waals surface area contributed by atoms with Crippen molar-refractivity contribution >= 4 is 0 Å². The topological polar surface area (TPSA) is 58.9 Å². The van der Waals surface area contributed by atoms with Crippen molar-refractivity contribution < 1.29 is 72.4 Å². The van der Waals surface area contributed by atoms with Gasteiger partial charge in [0.25, 0.3) is 11.2 Å². The van der Waals surface area contributed by atoms with E-state index in [1.165, 1.54) is 0 Å². The van der Waals surface area contributed by atoms with Crippen LogP contribution >= 0.6 is 0 Å². The van der Waals surface area contributed by atoms with Gasteiger partial charge in [0.1, 0.15) is 11.5 Å². The molecule has 0 saturated carbocycles. The van der Waals surface area contributed by atoms with Gasteiger partial charge in [-0.25, -0.2) is 0 Å². The van der Waals surface area contributed by atoms with E-state index < -0.39 is 70.7 Å². The van der Waals surface area contributed by atoms with E-state index in [2.05, 4.69) is 9.47 Å². The zero-order valence-electron chi connectivity index (χ0n) is 14.4. The Kier molecular flexibility index (Phi) is 6.27. The van der Waals surface area contributed by atoms with Crippen LogP contribution in [0.5, 0.6) is 11.5 Å². The zero-order chi connectivity index (χ0) is 24.1. The molecule has 0 spiro atoms. The molecule has 0 amide bonds. The van der Waals surface area contributed by atoms with E-state index in [0.29, 0.717) is 14.2 Å². The molecule has 0 aliphatic heterocycles. The first-order valence-corrected chi connectivity index (χ1v) is 7.09. The molecule has 0 fully saturated rings. The van der Waals surface area contributed by atoms with Crippen molar-refractivity contribution in [2.45, 2.75) is 35.9 Å². The Morgan fingerprint density at radius 3 is 0.867 bits per heavy atom. The minimum absolute atomic E-state index is 0.308. The SMILES string of the molecule is COc1cc(C(O)(C(F)(F)F)C(F)(F)F)c(OC)cc1C(O)(C(F)(F)F)C(F)(F)F. The maximum Gasteiger partial charge on any atom is 0.430 e. The predicted octanol–water partition coefficient (Wildman–Crippen LogP) is 4.33. The lowest BCUT2D eigenvalue weighted by molar-refractivity contribution is -0.378. The smallest absolute Gasteiger partial charge is 0.430 e. The molecule has 0 aromatic heterocycles. The summed E-state index contributed by atoms with van der Waals surface area (Å²) in [5.41, 5.74) is -16.2. The van der Waals surface area contributed by atoms with Gasteiger partial charge in [-0.1, -0.05) is 0 Å². The Morgan fingerprint density at radius 1 is 0.533 bits per heavy atom. The van der Waals surface area contributed by atoms with Gasteiger partial charge in [0.15, 0.2) is 0 Å². The van der Waals surface area contributed by atoms with Gasteiger partial charge in [-0.15, -0.1) is 0 Å². The lowest BCUT2D eigenvalue weighted by Gasteiger charge is -2.36. The van der Waals surface area contributed by atoms with Crippen LogP contribution in [0.3, 0.4) is 0 Å². The van der Waals surface area contributed by atoms with Crippen molar-refractivity contribution in [1.29, 1.82) is 0 Å². The molecule has 30 heavy (non-hydrogen) atoms. The van der Waals surface area contributed by atoms with Gasteiger partial charge in [0, 0.05) is 11.1 Å². The second-order valence-corrected chi connectivity index (χ2v) is 5.66. The van der Waals surface area contributed by atoms with Gasteiger partial charge >= 0.3 is 24.7 Å². The average Bonchev–Trinajstić information content (AvgIpc) is 2.54. The lowest BCUT2D eigenvalue weighted by atomic mass is 9.85. The minimum Gasteiger partial charge on any atom is -0.496 e. The Bertz CT molecular complexity index is 682. The third kappa shape index (κ3) is 3.70. The lowest BCUT2D eigenvalue weighted by Crippen LogP contribution is -2.55. The van der Waals surface area contributed by atoms with Crippen LogP contribution in [0.2, 0.25) is 0 Å². The molecule has 1 aromatic carbocycles. The van der Waals surface area contributed by atoms with E-state index in [4.69, 9.17) is 0 Å². The van der Waals surface area contributed by atoms with E-state index in [-0.39, 0.29) is 0 Å². The van der Waals surface area contributed by atoms with E-state index in [1.807, 2.05) is 0 Å². The van der Waals surface area contributed by atoms with Crippen LogP contribution in [-0.2, 0) is 11.2 Å². The number of methoxy groups -OCH3 is 2. The quantitative estimate of drug-likeness (QED) is 0.644. The first kappa shape index (κ1) is 25.9. The summed E-state index contributed by atoms with van der Waals surface area (Å²) in [6.45, 7) is 0. The number of rotatable bonds is 4. The highest BCUT2D eigenvalue weighted by Gasteiger charge is 2.74. The molecule has 4 nitrogen and oxygen atoms in total. The molecule has 0 bridgehead atoms. The van der Waals surface area contributed by atoms with Gasteiger partial charge in [-0.2, -0.15) is 52.7 Å². The van der Waals surface area contributed by atoms with Crippen LogP contribution < -0.4 is 9.47 Å². The Labute approximate surface area is 158 Å². The zero-order valence-corrected chi connectivity index (χ0v) is 14.4. The molecule has 0 saturated heterocycles. The first-order chi connectivity index (χ1) is 13.1. The summed E-state index contributed by atoms with van der Waals surface area (Å²) in [6.07, 6.45) is -26.2. The molecule has 2 N–H and O–H groups in total. The molecule has 1 rings (SSSR count). The van der Waals surface area contributed by atoms with Crippen molar-refractivity contribution in [2.24, 2.45) is 0 Å². The van der Waals surface area contributed by atoms with Crippen LogP contribution in [0.15, 0.2) is 12.1 Å². The van der Waals surface area contributed by atoms with Gasteiger partial charge in [0.2, 0.25) is 0 Å². The Balaban J connectivity index is 4.13. The Hall–Kier alpha value is -2.10. The molecule has 16 heteroatoms. The number of aliphatic hydroxyl groups is 2. The molecular weight excluding hydrogens is 460 g/mol. The number of alkyl halides is 12. The molecule has 0 atom stereocenters. The van der Waals surface area contributed by atoms with Crippen LogP contribution in [-0.4, -0.2) is 49.1 Å². The number of hydrogen-bond donors (Lipinski definition) is 2. The summed E-state index contributed by atoms with van der Waals surface area (Å²) >= 11 is 0. The fraction of sp³-hybridized carbons (Fsp3) is 0.571. The molecule has 174 valence electrons. The van der Waals surface area contributed by atoms with Crippen molar-refractivity contribution in [2.75, 3.05) is 14.2 Å². The summed E-state index contributed by atoms with van der Waals surface area (Å²) in [6, 6.07) is -1.17. The van der Waals surface area contributed by atoms with Gasteiger partial charge < -0.3 is 19.7 Å². The third-order valence-electron chi connectivity index (χ3n) is 3.94. The maximum atomic E-state index is 13.1. The second-order valence-electron chi connectivity index (χ2n) is 5.66. The van der Waals surface area contributed by atoms with Crippen LogP contribution in [0, 0.1) is 0 Å². The normalized spacial score (nSPS) is 14.7. The van der Waals surface area contributed by atoms with Crippen LogP contribution in [0.4, 0.5) is 52.7 Å². The monoisotopic (exact) mass is 470 g/mol. The summed E-state index contributed by atoms with van der Waals surface area (Å²) in [4.78, 5) is 0. The summed E-state index contributed by atoms with van der Waals surface area (Å²) in [7, 11) is 0.616. The van der Waals surface area contributed by atoms with Crippen LogP contribution in [0.25, 0.3) is 0 Å². The minimum atomic E-state index is -6.55. The van der Waals surface area contributed by atoms with E-state index >= 15 is 0 Å².